The third kappa shape index (κ3) is 3.55. The van der Waals surface area contributed by atoms with Crippen LogP contribution < -0.4 is 10.3 Å². The Bertz CT molecular complexity index is 900. The molecule has 0 saturated heterocycles. The van der Waals surface area contributed by atoms with Gasteiger partial charge in [0.05, 0.1) is 10.9 Å². The third-order valence-electron chi connectivity index (χ3n) is 3.32. The zero-order chi connectivity index (χ0) is 16.2. The van der Waals surface area contributed by atoms with Gasteiger partial charge in [0.15, 0.2) is 6.61 Å². The zero-order valence-corrected chi connectivity index (χ0v) is 12.2. The molecule has 0 fully saturated rings. The average molecular weight is 310 g/mol. The number of aromatic nitrogens is 2. The number of rotatable bonds is 5. The second-order valence-electron chi connectivity index (χ2n) is 5.03. The highest BCUT2D eigenvalue weighted by atomic mass is 16.5. The van der Waals surface area contributed by atoms with Gasteiger partial charge in [-0.05, 0) is 29.8 Å². The van der Waals surface area contributed by atoms with Crippen molar-refractivity contribution in [2.45, 2.75) is 6.42 Å². The molecule has 0 atom stereocenters. The van der Waals surface area contributed by atoms with E-state index in [1.807, 2.05) is 18.2 Å². The standard InChI is InChI=1S/C17H14N2O4/c20-16(21)10-23-12-7-5-11(6-8-12)9-15-18-14-4-2-1-3-13(14)17(22)19-15/h1-8H,9-10H2,(H,20,21)(H,18,19,22). The first-order valence-electron chi connectivity index (χ1n) is 7.03. The summed E-state index contributed by atoms with van der Waals surface area (Å²) in [7, 11) is 0. The number of aliphatic carboxylic acids is 1. The normalized spacial score (nSPS) is 10.6. The number of para-hydroxylation sites is 1. The lowest BCUT2D eigenvalue weighted by molar-refractivity contribution is -0.139. The fourth-order valence-electron chi connectivity index (χ4n) is 2.26. The fraction of sp³-hybridized carbons (Fsp3) is 0.118. The van der Waals surface area contributed by atoms with Crippen LogP contribution in [0.5, 0.6) is 5.75 Å². The topological polar surface area (TPSA) is 92.3 Å². The van der Waals surface area contributed by atoms with E-state index in [0.717, 1.165) is 5.56 Å². The summed E-state index contributed by atoms with van der Waals surface area (Å²) < 4.78 is 5.08. The first kappa shape index (κ1) is 14.8. The molecule has 0 radical (unpaired) electrons. The molecule has 116 valence electrons. The molecule has 3 rings (SSSR count). The van der Waals surface area contributed by atoms with Gasteiger partial charge >= 0.3 is 5.97 Å². The van der Waals surface area contributed by atoms with Gasteiger partial charge in [0.2, 0.25) is 0 Å². The second-order valence-corrected chi connectivity index (χ2v) is 5.03. The summed E-state index contributed by atoms with van der Waals surface area (Å²) in [4.78, 5) is 29.7. The molecule has 2 aromatic carbocycles. The third-order valence-corrected chi connectivity index (χ3v) is 3.32. The Morgan fingerprint density at radius 2 is 1.87 bits per heavy atom. The molecule has 0 aliphatic rings. The number of carboxylic acids is 1. The summed E-state index contributed by atoms with van der Waals surface area (Å²) in [6.45, 7) is -0.376. The lowest BCUT2D eigenvalue weighted by atomic mass is 10.1. The van der Waals surface area contributed by atoms with Crippen molar-refractivity contribution in [2.24, 2.45) is 0 Å². The number of nitrogens with zero attached hydrogens (tertiary/aromatic N) is 1. The SMILES string of the molecule is O=C(O)COc1ccc(Cc2nc3ccccc3c(=O)[nH]2)cc1. The number of fused-ring (bicyclic) bond motifs is 1. The first-order chi connectivity index (χ1) is 11.1. The van der Waals surface area contributed by atoms with E-state index in [2.05, 4.69) is 9.97 Å². The lowest BCUT2D eigenvalue weighted by Crippen LogP contribution is -2.12. The van der Waals surface area contributed by atoms with Crippen molar-refractivity contribution in [3.63, 3.8) is 0 Å². The average Bonchev–Trinajstić information content (AvgIpc) is 2.54. The number of hydrogen-bond donors (Lipinski definition) is 2. The number of aromatic amines is 1. The van der Waals surface area contributed by atoms with Crippen molar-refractivity contribution in [1.29, 1.82) is 0 Å². The highest BCUT2D eigenvalue weighted by Crippen LogP contribution is 2.14. The van der Waals surface area contributed by atoms with Gasteiger partial charge in [-0.3, -0.25) is 4.79 Å². The molecule has 0 aliphatic carbocycles. The molecule has 3 aromatic rings. The Balaban J connectivity index is 1.79. The number of H-pyrrole nitrogens is 1. The maximum absolute atomic E-state index is 12.0. The summed E-state index contributed by atoms with van der Waals surface area (Å²) in [5.74, 6) is 0.0380. The molecular formula is C17H14N2O4. The van der Waals surface area contributed by atoms with Crippen molar-refractivity contribution in [3.8, 4) is 5.75 Å². The van der Waals surface area contributed by atoms with E-state index in [9.17, 15) is 9.59 Å². The molecule has 0 aliphatic heterocycles. The molecule has 0 bridgehead atoms. The summed E-state index contributed by atoms with van der Waals surface area (Å²) in [5.41, 5.74) is 1.44. The zero-order valence-electron chi connectivity index (χ0n) is 12.2. The van der Waals surface area contributed by atoms with E-state index in [1.165, 1.54) is 0 Å². The van der Waals surface area contributed by atoms with E-state index in [1.54, 1.807) is 30.3 Å². The highest BCUT2D eigenvalue weighted by molar-refractivity contribution is 5.77. The van der Waals surface area contributed by atoms with Crippen LogP contribution in [0.2, 0.25) is 0 Å². The van der Waals surface area contributed by atoms with Crippen LogP contribution in [0.1, 0.15) is 11.4 Å². The quantitative estimate of drug-likeness (QED) is 0.751. The molecule has 0 spiro atoms. The molecule has 2 N–H and O–H groups in total. The number of ether oxygens (including phenoxy) is 1. The van der Waals surface area contributed by atoms with Crippen molar-refractivity contribution in [1.82, 2.24) is 9.97 Å². The minimum atomic E-state index is -1.02. The van der Waals surface area contributed by atoms with Gasteiger partial charge in [-0.15, -0.1) is 0 Å². The van der Waals surface area contributed by atoms with E-state index in [0.29, 0.717) is 28.9 Å². The number of nitrogens with one attached hydrogen (secondary N) is 1. The Morgan fingerprint density at radius 3 is 2.61 bits per heavy atom. The summed E-state index contributed by atoms with van der Waals surface area (Å²) in [6, 6.07) is 14.2. The maximum atomic E-state index is 12.0. The van der Waals surface area contributed by atoms with Crippen LogP contribution in [-0.2, 0) is 11.2 Å². The van der Waals surface area contributed by atoms with Crippen LogP contribution in [0.15, 0.2) is 53.3 Å². The maximum Gasteiger partial charge on any atom is 0.341 e. The van der Waals surface area contributed by atoms with Crippen molar-refractivity contribution in [2.75, 3.05) is 6.61 Å². The van der Waals surface area contributed by atoms with Crippen molar-refractivity contribution < 1.29 is 14.6 Å². The number of benzene rings is 2. The number of carboxylic acid groups (broad SMARTS) is 1. The number of carbonyl (C=O) groups is 1. The smallest absolute Gasteiger partial charge is 0.341 e. The van der Waals surface area contributed by atoms with Crippen LogP contribution in [0.3, 0.4) is 0 Å². The minimum Gasteiger partial charge on any atom is -0.482 e. The highest BCUT2D eigenvalue weighted by Gasteiger charge is 2.05. The first-order valence-corrected chi connectivity index (χ1v) is 7.03. The van der Waals surface area contributed by atoms with E-state index in [-0.39, 0.29) is 12.2 Å². The predicted octanol–water partition coefficient (Wildman–Crippen LogP) is 1.98. The molecule has 1 heterocycles. The Kier molecular flexibility index (Phi) is 4.05. The van der Waals surface area contributed by atoms with Crippen LogP contribution >= 0.6 is 0 Å². The second kappa shape index (κ2) is 6.31. The molecular weight excluding hydrogens is 296 g/mol. The molecule has 0 saturated carbocycles. The van der Waals surface area contributed by atoms with Crippen LogP contribution in [0.4, 0.5) is 0 Å². The Labute approximate surface area is 131 Å². The largest absolute Gasteiger partial charge is 0.482 e. The van der Waals surface area contributed by atoms with Gasteiger partial charge in [0.1, 0.15) is 11.6 Å². The number of hydrogen-bond acceptors (Lipinski definition) is 4. The monoisotopic (exact) mass is 310 g/mol. The molecule has 6 nitrogen and oxygen atoms in total. The summed E-state index contributed by atoms with van der Waals surface area (Å²) >= 11 is 0. The molecule has 0 unspecified atom stereocenters. The van der Waals surface area contributed by atoms with Gasteiger partial charge in [-0.1, -0.05) is 24.3 Å². The van der Waals surface area contributed by atoms with E-state index >= 15 is 0 Å². The summed E-state index contributed by atoms with van der Waals surface area (Å²) in [5, 5.41) is 9.13. The van der Waals surface area contributed by atoms with Crippen LogP contribution in [0.25, 0.3) is 10.9 Å². The fourth-order valence-corrected chi connectivity index (χ4v) is 2.26. The molecule has 23 heavy (non-hydrogen) atoms. The van der Waals surface area contributed by atoms with Gasteiger partial charge in [-0.25, -0.2) is 9.78 Å². The molecule has 6 heteroatoms. The van der Waals surface area contributed by atoms with Crippen LogP contribution in [0, 0.1) is 0 Å². The Morgan fingerprint density at radius 1 is 1.13 bits per heavy atom. The molecule has 0 amide bonds. The lowest BCUT2D eigenvalue weighted by Gasteiger charge is -2.06. The van der Waals surface area contributed by atoms with E-state index < -0.39 is 5.97 Å². The van der Waals surface area contributed by atoms with Crippen molar-refractivity contribution in [3.05, 3.63) is 70.3 Å². The summed E-state index contributed by atoms with van der Waals surface area (Å²) in [6.07, 6.45) is 0.472. The van der Waals surface area contributed by atoms with Gasteiger partial charge < -0.3 is 14.8 Å². The Hall–Kier alpha value is -3.15. The molecule has 1 aromatic heterocycles. The van der Waals surface area contributed by atoms with Gasteiger partial charge in [0.25, 0.3) is 5.56 Å². The van der Waals surface area contributed by atoms with E-state index in [4.69, 9.17) is 9.84 Å². The van der Waals surface area contributed by atoms with Crippen LogP contribution in [-0.4, -0.2) is 27.7 Å². The minimum absolute atomic E-state index is 0.160. The van der Waals surface area contributed by atoms with Gasteiger partial charge in [-0.2, -0.15) is 0 Å². The van der Waals surface area contributed by atoms with Gasteiger partial charge in [0, 0.05) is 6.42 Å². The predicted molar refractivity (Wildman–Crippen MR) is 84.7 cm³/mol. The van der Waals surface area contributed by atoms with Crippen molar-refractivity contribution >= 4 is 16.9 Å².